The summed E-state index contributed by atoms with van der Waals surface area (Å²) >= 11 is 0. The number of benzene rings is 1. The van der Waals surface area contributed by atoms with Crippen molar-refractivity contribution in [3.63, 3.8) is 0 Å². The molecule has 0 amide bonds. The zero-order valence-corrected chi connectivity index (χ0v) is 9.83. The van der Waals surface area contributed by atoms with E-state index in [1.165, 1.54) is 19.2 Å². The molecule has 92 valence electrons. The van der Waals surface area contributed by atoms with Gasteiger partial charge in [0.25, 0.3) is 0 Å². The van der Waals surface area contributed by atoms with Crippen molar-refractivity contribution < 1.29 is 13.9 Å². The molecule has 1 atom stereocenters. The highest BCUT2D eigenvalue weighted by molar-refractivity contribution is 5.81. The molecular formula is C13H16FNO2. The molecule has 1 aromatic carbocycles. The normalized spacial score (nSPS) is 23.6. The molecule has 1 aliphatic heterocycles. The van der Waals surface area contributed by atoms with Gasteiger partial charge < -0.3 is 10.1 Å². The Hall–Kier alpha value is -1.42. The van der Waals surface area contributed by atoms with Crippen LogP contribution >= 0.6 is 0 Å². The predicted octanol–water partition coefficient (Wildman–Crippen LogP) is 1.66. The quantitative estimate of drug-likeness (QED) is 0.813. The summed E-state index contributed by atoms with van der Waals surface area (Å²) in [7, 11) is 1.38. The van der Waals surface area contributed by atoms with Crippen molar-refractivity contribution in [1.29, 1.82) is 0 Å². The largest absolute Gasteiger partial charge is 0.468 e. The smallest absolute Gasteiger partial charge is 0.326 e. The lowest BCUT2D eigenvalue weighted by molar-refractivity contribution is -0.148. The molecule has 0 saturated carbocycles. The van der Waals surface area contributed by atoms with Crippen LogP contribution in [-0.2, 0) is 16.0 Å². The van der Waals surface area contributed by atoms with Gasteiger partial charge in [-0.25, -0.2) is 4.39 Å². The number of nitrogens with one attached hydrogen (secondary N) is 1. The number of halogens is 1. The zero-order valence-electron chi connectivity index (χ0n) is 9.83. The summed E-state index contributed by atoms with van der Waals surface area (Å²) in [6.45, 7) is 0.796. The Labute approximate surface area is 100.0 Å². The third kappa shape index (κ3) is 2.47. The molecule has 1 unspecified atom stereocenters. The maximum absolute atomic E-state index is 13.1. The van der Waals surface area contributed by atoms with Crippen LogP contribution in [0.4, 0.5) is 4.39 Å². The lowest BCUT2D eigenvalue weighted by Gasteiger charge is -2.26. The third-order valence-electron chi connectivity index (χ3n) is 3.21. The van der Waals surface area contributed by atoms with E-state index in [2.05, 4.69) is 5.32 Å². The highest BCUT2D eigenvalue weighted by Crippen LogP contribution is 2.25. The molecule has 1 saturated heterocycles. The van der Waals surface area contributed by atoms with Crippen LogP contribution in [0.15, 0.2) is 24.3 Å². The Morgan fingerprint density at radius 2 is 2.41 bits per heavy atom. The fraction of sp³-hybridized carbons (Fsp3) is 0.462. The third-order valence-corrected chi connectivity index (χ3v) is 3.21. The number of carbonyl (C=O) groups excluding carboxylic acids is 1. The zero-order chi connectivity index (χ0) is 12.3. The number of esters is 1. The summed E-state index contributed by atoms with van der Waals surface area (Å²) < 4.78 is 18.0. The molecule has 0 aromatic heterocycles. The molecule has 1 N–H and O–H groups in total. The lowest BCUT2D eigenvalue weighted by atomic mass is 9.89. The van der Waals surface area contributed by atoms with Gasteiger partial charge in [-0.3, -0.25) is 4.79 Å². The first-order chi connectivity index (χ1) is 8.16. The van der Waals surface area contributed by atoms with E-state index in [9.17, 15) is 9.18 Å². The first-order valence-electron chi connectivity index (χ1n) is 5.74. The van der Waals surface area contributed by atoms with Crippen molar-refractivity contribution in [2.75, 3.05) is 13.7 Å². The number of rotatable bonds is 3. The van der Waals surface area contributed by atoms with Crippen LogP contribution in [0, 0.1) is 5.82 Å². The van der Waals surface area contributed by atoms with Crippen LogP contribution in [0.1, 0.15) is 18.4 Å². The number of carbonyl (C=O) groups is 1. The molecule has 1 heterocycles. The Bertz CT molecular complexity index is 414. The average molecular weight is 237 g/mol. The van der Waals surface area contributed by atoms with E-state index in [-0.39, 0.29) is 11.8 Å². The van der Waals surface area contributed by atoms with Gasteiger partial charge in [0.05, 0.1) is 7.11 Å². The van der Waals surface area contributed by atoms with Gasteiger partial charge in [0.1, 0.15) is 11.4 Å². The van der Waals surface area contributed by atoms with Gasteiger partial charge in [0.15, 0.2) is 0 Å². The van der Waals surface area contributed by atoms with E-state index in [0.29, 0.717) is 6.42 Å². The van der Waals surface area contributed by atoms with Crippen LogP contribution < -0.4 is 5.32 Å². The highest BCUT2D eigenvalue weighted by Gasteiger charge is 2.42. The maximum atomic E-state index is 13.1. The standard InChI is InChI=1S/C13H16FNO2/c1-17-12(16)13(6-3-7-15-13)9-10-4-2-5-11(14)8-10/h2,4-5,8,15H,3,6-7,9H2,1H3. The monoisotopic (exact) mass is 237 g/mol. The molecule has 0 aliphatic carbocycles. The molecule has 17 heavy (non-hydrogen) atoms. The summed E-state index contributed by atoms with van der Waals surface area (Å²) in [5.74, 6) is -0.542. The second-order valence-electron chi connectivity index (χ2n) is 4.41. The van der Waals surface area contributed by atoms with Crippen LogP contribution in [0.2, 0.25) is 0 Å². The minimum atomic E-state index is -0.678. The SMILES string of the molecule is COC(=O)C1(Cc2cccc(F)c2)CCCN1. The van der Waals surface area contributed by atoms with Crippen molar-refractivity contribution >= 4 is 5.97 Å². The second kappa shape index (κ2) is 4.84. The van der Waals surface area contributed by atoms with E-state index in [1.807, 2.05) is 6.07 Å². The minimum absolute atomic E-state index is 0.265. The minimum Gasteiger partial charge on any atom is -0.468 e. The molecule has 1 aliphatic rings. The van der Waals surface area contributed by atoms with Crippen molar-refractivity contribution in [2.24, 2.45) is 0 Å². The Morgan fingerprint density at radius 3 is 3.00 bits per heavy atom. The summed E-state index contributed by atoms with van der Waals surface area (Å²) in [5.41, 5.74) is 0.132. The van der Waals surface area contributed by atoms with Crippen LogP contribution in [0.25, 0.3) is 0 Å². The van der Waals surface area contributed by atoms with Crippen LogP contribution in [0.5, 0.6) is 0 Å². The fourth-order valence-corrected chi connectivity index (χ4v) is 2.39. The Morgan fingerprint density at radius 1 is 1.59 bits per heavy atom. The fourth-order valence-electron chi connectivity index (χ4n) is 2.39. The van der Waals surface area contributed by atoms with Crippen molar-refractivity contribution in [2.45, 2.75) is 24.8 Å². The first-order valence-corrected chi connectivity index (χ1v) is 5.74. The van der Waals surface area contributed by atoms with Crippen LogP contribution in [0.3, 0.4) is 0 Å². The number of hydrogen-bond donors (Lipinski definition) is 1. The molecule has 3 nitrogen and oxygen atoms in total. The summed E-state index contributed by atoms with van der Waals surface area (Å²) in [6.07, 6.45) is 2.14. The summed E-state index contributed by atoms with van der Waals surface area (Å²) in [6, 6.07) is 6.35. The molecule has 1 fully saturated rings. The lowest BCUT2D eigenvalue weighted by Crippen LogP contribution is -2.50. The molecule has 0 bridgehead atoms. The van der Waals surface area contributed by atoms with Gasteiger partial charge >= 0.3 is 5.97 Å². The van der Waals surface area contributed by atoms with E-state index in [1.54, 1.807) is 6.07 Å². The number of ether oxygens (including phenoxy) is 1. The van der Waals surface area contributed by atoms with Gasteiger partial charge in [-0.15, -0.1) is 0 Å². The van der Waals surface area contributed by atoms with E-state index in [4.69, 9.17) is 4.74 Å². The van der Waals surface area contributed by atoms with Gasteiger partial charge in [0, 0.05) is 6.42 Å². The summed E-state index contributed by atoms with van der Waals surface area (Å²) in [5, 5.41) is 3.19. The van der Waals surface area contributed by atoms with Gasteiger partial charge in [-0.2, -0.15) is 0 Å². The van der Waals surface area contributed by atoms with Crippen molar-refractivity contribution in [1.82, 2.24) is 5.32 Å². The Balaban J connectivity index is 2.21. The average Bonchev–Trinajstić information content (AvgIpc) is 2.78. The van der Waals surface area contributed by atoms with Gasteiger partial charge in [-0.05, 0) is 37.1 Å². The topological polar surface area (TPSA) is 38.3 Å². The predicted molar refractivity (Wildman–Crippen MR) is 62.1 cm³/mol. The molecule has 0 radical (unpaired) electrons. The number of methoxy groups -OCH3 is 1. The molecule has 0 spiro atoms. The molecule has 1 aromatic rings. The van der Waals surface area contributed by atoms with Gasteiger partial charge in [0.2, 0.25) is 0 Å². The first kappa shape index (κ1) is 12.0. The Kier molecular flexibility index (Phi) is 3.43. The van der Waals surface area contributed by atoms with E-state index >= 15 is 0 Å². The molecule has 4 heteroatoms. The van der Waals surface area contributed by atoms with E-state index < -0.39 is 5.54 Å². The molecular weight excluding hydrogens is 221 g/mol. The highest BCUT2D eigenvalue weighted by atomic mass is 19.1. The second-order valence-corrected chi connectivity index (χ2v) is 4.41. The van der Waals surface area contributed by atoms with Gasteiger partial charge in [-0.1, -0.05) is 12.1 Å². The van der Waals surface area contributed by atoms with Crippen molar-refractivity contribution in [3.05, 3.63) is 35.6 Å². The molecule has 2 rings (SSSR count). The van der Waals surface area contributed by atoms with Crippen LogP contribution in [-0.4, -0.2) is 25.2 Å². The number of hydrogen-bond acceptors (Lipinski definition) is 3. The summed E-state index contributed by atoms with van der Waals surface area (Å²) in [4.78, 5) is 11.8. The maximum Gasteiger partial charge on any atom is 0.326 e. The van der Waals surface area contributed by atoms with E-state index in [0.717, 1.165) is 24.9 Å². The van der Waals surface area contributed by atoms with Crippen molar-refractivity contribution in [3.8, 4) is 0 Å².